The maximum atomic E-state index is 13.0. The second-order valence-corrected chi connectivity index (χ2v) is 8.30. The summed E-state index contributed by atoms with van der Waals surface area (Å²) in [6, 6.07) is 11.1. The van der Waals surface area contributed by atoms with Crippen molar-refractivity contribution in [3.8, 4) is 0 Å². The van der Waals surface area contributed by atoms with E-state index in [4.69, 9.17) is 21.1 Å². The fraction of sp³-hybridized carbons (Fsp3) is 0.316. The van der Waals surface area contributed by atoms with Gasteiger partial charge in [0.15, 0.2) is 5.82 Å². The Morgan fingerprint density at radius 1 is 1.22 bits per heavy atom. The maximum absolute atomic E-state index is 13.0. The summed E-state index contributed by atoms with van der Waals surface area (Å²) >= 11 is 7.61. The predicted molar refractivity (Wildman–Crippen MR) is 108 cm³/mol. The van der Waals surface area contributed by atoms with E-state index in [1.54, 1.807) is 7.11 Å². The van der Waals surface area contributed by atoms with E-state index in [1.165, 1.54) is 16.2 Å². The zero-order valence-electron chi connectivity index (χ0n) is 15.5. The van der Waals surface area contributed by atoms with Gasteiger partial charge in [-0.3, -0.25) is 0 Å². The van der Waals surface area contributed by atoms with E-state index in [9.17, 15) is 4.79 Å². The lowest BCUT2D eigenvalue weighted by Gasteiger charge is -2.27. The number of anilines is 2. The van der Waals surface area contributed by atoms with Crippen molar-refractivity contribution in [1.82, 2.24) is 9.97 Å². The first-order chi connectivity index (χ1) is 12.8. The van der Waals surface area contributed by atoms with E-state index in [0.29, 0.717) is 23.6 Å². The number of hydrogen-bond donors (Lipinski definition) is 0. The summed E-state index contributed by atoms with van der Waals surface area (Å²) in [6.45, 7) is 5.89. The number of ether oxygens (including phenoxy) is 2. The van der Waals surface area contributed by atoms with Gasteiger partial charge in [0.05, 0.1) is 22.5 Å². The van der Waals surface area contributed by atoms with Gasteiger partial charge in [0.1, 0.15) is 5.60 Å². The molecule has 1 amide bonds. The molecule has 0 atom stereocenters. The molecule has 8 heteroatoms. The van der Waals surface area contributed by atoms with Crippen molar-refractivity contribution in [2.45, 2.75) is 33.0 Å². The van der Waals surface area contributed by atoms with E-state index < -0.39 is 11.7 Å². The number of amides is 1. The Kier molecular flexibility index (Phi) is 5.64. The largest absolute Gasteiger partial charge is 0.443 e. The van der Waals surface area contributed by atoms with E-state index in [0.717, 1.165) is 9.58 Å². The smallest absolute Gasteiger partial charge is 0.420 e. The number of hydrogen-bond acceptors (Lipinski definition) is 6. The fourth-order valence-electron chi connectivity index (χ4n) is 2.50. The molecular formula is C19H20ClN3O3S. The van der Waals surface area contributed by atoms with Gasteiger partial charge in [-0.1, -0.05) is 18.2 Å². The van der Waals surface area contributed by atoms with E-state index in [1.807, 2.05) is 57.2 Å². The number of carbonyl (C=O) groups excluding carboxylic acids is 1. The van der Waals surface area contributed by atoms with E-state index in [-0.39, 0.29) is 5.28 Å². The molecule has 3 rings (SSSR count). The van der Waals surface area contributed by atoms with Crippen LogP contribution in [0.5, 0.6) is 0 Å². The number of methoxy groups -OCH3 is 1. The second kappa shape index (κ2) is 7.80. The van der Waals surface area contributed by atoms with Crippen LogP contribution >= 0.6 is 22.9 Å². The van der Waals surface area contributed by atoms with Gasteiger partial charge < -0.3 is 9.47 Å². The molecule has 2 aromatic heterocycles. The number of halogens is 1. The lowest BCUT2D eigenvalue weighted by Crippen LogP contribution is -2.34. The van der Waals surface area contributed by atoms with Crippen LogP contribution in [0.25, 0.3) is 10.2 Å². The van der Waals surface area contributed by atoms with Crippen molar-refractivity contribution in [3.63, 3.8) is 0 Å². The van der Waals surface area contributed by atoms with Crippen LogP contribution in [0.3, 0.4) is 0 Å². The lowest BCUT2D eigenvalue weighted by atomic mass is 10.2. The topological polar surface area (TPSA) is 64.6 Å². The highest BCUT2D eigenvalue weighted by Crippen LogP contribution is 2.37. The van der Waals surface area contributed by atoms with Gasteiger partial charge in [-0.15, -0.1) is 11.3 Å². The quantitative estimate of drug-likeness (QED) is 0.531. The zero-order valence-corrected chi connectivity index (χ0v) is 17.1. The van der Waals surface area contributed by atoms with E-state index in [2.05, 4.69) is 9.97 Å². The molecule has 0 unspecified atom stereocenters. The van der Waals surface area contributed by atoms with Crippen LogP contribution in [0.4, 0.5) is 16.3 Å². The average molecular weight is 406 g/mol. The molecule has 0 bridgehead atoms. The Morgan fingerprint density at radius 2 is 1.93 bits per heavy atom. The number of fused-ring (bicyclic) bond motifs is 1. The molecule has 0 N–H and O–H groups in total. The summed E-state index contributed by atoms with van der Waals surface area (Å²) in [4.78, 5) is 24.0. The summed E-state index contributed by atoms with van der Waals surface area (Å²) in [7, 11) is 1.63. The van der Waals surface area contributed by atoms with Crippen molar-refractivity contribution in [3.05, 3.63) is 46.6 Å². The average Bonchev–Trinajstić information content (AvgIpc) is 2.97. The molecule has 0 spiro atoms. The minimum Gasteiger partial charge on any atom is -0.443 e. The highest BCUT2D eigenvalue weighted by Gasteiger charge is 2.28. The van der Waals surface area contributed by atoms with Gasteiger partial charge in [0.2, 0.25) is 5.28 Å². The van der Waals surface area contributed by atoms with Crippen LogP contribution in [0.15, 0.2) is 36.4 Å². The molecule has 0 radical (unpaired) electrons. The van der Waals surface area contributed by atoms with Crippen molar-refractivity contribution < 1.29 is 14.3 Å². The molecule has 142 valence electrons. The number of nitrogens with zero attached hydrogens (tertiary/aromatic N) is 3. The van der Waals surface area contributed by atoms with Gasteiger partial charge in [-0.05, 0) is 50.6 Å². The van der Waals surface area contributed by atoms with Gasteiger partial charge in [0, 0.05) is 12.0 Å². The predicted octanol–water partition coefficient (Wildman–Crippen LogP) is 5.56. The minimum atomic E-state index is -0.656. The second-order valence-electron chi connectivity index (χ2n) is 6.83. The summed E-state index contributed by atoms with van der Waals surface area (Å²) < 4.78 is 11.6. The first-order valence-corrected chi connectivity index (χ1v) is 9.51. The molecular weight excluding hydrogens is 386 g/mol. The van der Waals surface area contributed by atoms with Crippen molar-refractivity contribution in [1.29, 1.82) is 0 Å². The molecule has 0 aliphatic rings. The van der Waals surface area contributed by atoms with Gasteiger partial charge in [-0.2, -0.15) is 4.98 Å². The molecule has 27 heavy (non-hydrogen) atoms. The van der Waals surface area contributed by atoms with Gasteiger partial charge >= 0.3 is 6.09 Å². The summed E-state index contributed by atoms with van der Waals surface area (Å²) in [5, 5.41) is 0.0590. The van der Waals surface area contributed by atoms with Gasteiger partial charge in [-0.25, -0.2) is 14.7 Å². The number of aromatic nitrogens is 2. The third-order valence-corrected chi connectivity index (χ3v) is 4.73. The summed E-state index contributed by atoms with van der Waals surface area (Å²) in [6.07, 6.45) is -0.536. The normalized spacial score (nSPS) is 11.6. The van der Waals surface area contributed by atoms with Crippen LogP contribution < -0.4 is 4.90 Å². The van der Waals surface area contributed by atoms with Crippen LogP contribution in [-0.4, -0.2) is 28.8 Å². The Balaban J connectivity index is 2.18. The SMILES string of the molecule is COCc1cc2nc(Cl)nc(N(C(=O)OC(C)(C)C)c3ccccc3)c2s1. The molecule has 0 fully saturated rings. The minimum absolute atomic E-state index is 0.0590. The first-order valence-electron chi connectivity index (χ1n) is 8.31. The Hall–Kier alpha value is -2.22. The lowest BCUT2D eigenvalue weighted by molar-refractivity contribution is 0.0598. The number of rotatable bonds is 4. The fourth-order valence-corrected chi connectivity index (χ4v) is 3.72. The highest BCUT2D eigenvalue weighted by molar-refractivity contribution is 7.19. The summed E-state index contributed by atoms with van der Waals surface area (Å²) in [5.74, 6) is 0.387. The maximum Gasteiger partial charge on any atom is 0.420 e. The van der Waals surface area contributed by atoms with Crippen LogP contribution in [-0.2, 0) is 16.1 Å². The van der Waals surface area contributed by atoms with Crippen LogP contribution in [0.2, 0.25) is 5.28 Å². The number of benzene rings is 1. The molecule has 0 aliphatic heterocycles. The first kappa shape index (κ1) is 19.5. The molecule has 0 saturated carbocycles. The highest BCUT2D eigenvalue weighted by atomic mass is 35.5. The molecule has 2 heterocycles. The monoisotopic (exact) mass is 405 g/mol. The Morgan fingerprint density at radius 3 is 2.56 bits per heavy atom. The number of para-hydroxylation sites is 1. The molecule has 0 saturated heterocycles. The number of carbonyl (C=O) groups is 1. The van der Waals surface area contributed by atoms with Crippen molar-refractivity contribution in [2.75, 3.05) is 12.0 Å². The Labute approximate surface area is 166 Å². The molecule has 6 nitrogen and oxygen atoms in total. The standard InChI is InChI=1S/C19H20ClN3O3S/c1-19(2,3)26-18(24)23(12-8-6-5-7-9-12)16-15-14(21-17(20)22-16)10-13(27-15)11-25-4/h5-10H,11H2,1-4H3. The third kappa shape index (κ3) is 4.55. The Bertz CT molecular complexity index is 954. The third-order valence-electron chi connectivity index (χ3n) is 3.47. The zero-order chi connectivity index (χ0) is 19.6. The van der Waals surface area contributed by atoms with Crippen molar-refractivity contribution in [2.24, 2.45) is 0 Å². The van der Waals surface area contributed by atoms with E-state index >= 15 is 0 Å². The van der Waals surface area contributed by atoms with Gasteiger partial charge in [0.25, 0.3) is 0 Å². The van der Waals surface area contributed by atoms with Crippen LogP contribution in [0.1, 0.15) is 25.6 Å². The van der Waals surface area contributed by atoms with Crippen LogP contribution in [0, 0.1) is 0 Å². The molecule has 3 aromatic rings. The summed E-state index contributed by atoms with van der Waals surface area (Å²) in [5.41, 5.74) is 0.632. The molecule has 1 aromatic carbocycles. The number of thiophene rings is 1. The molecule has 0 aliphatic carbocycles. The van der Waals surface area contributed by atoms with Crippen molar-refractivity contribution >= 4 is 50.8 Å².